The highest BCUT2D eigenvalue weighted by atomic mass is 19.1. The average Bonchev–Trinajstić information content (AvgIpc) is 3.49. The molecule has 2 aromatic heterocycles. The predicted octanol–water partition coefficient (Wildman–Crippen LogP) is 3.09. The first-order chi connectivity index (χ1) is 14.6. The smallest absolute Gasteiger partial charge is 0.259 e. The Kier molecular flexibility index (Phi) is 4.67. The first-order valence-corrected chi connectivity index (χ1v) is 10.1. The fourth-order valence-corrected chi connectivity index (χ4v) is 4.24. The monoisotopic (exact) mass is 410 g/mol. The molecular weight excluding hydrogens is 387 g/mol. The Balaban J connectivity index is 1.52. The summed E-state index contributed by atoms with van der Waals surface area (Å²) in [4.78, 5) is 15.4. The third kappa shape index (κ3) is 3.22. The predicted molar refractivity (Wildman–Crippen MR) is 107 cm³/mol. The van der Waals surface area contributed by atoms with Crippen LogP contribution in [0.25, 0.3) is 11.5 Å². The van der Waals surface area contributed by atoms with Crippen LogP contribution in [0.1, 0.15) is 28.9 Å². The summed E-state index contributed by atoms with van der Waals surface area (Å²) in [6.45, 7) is 4.16. The topological polar surface area (TPSA) is 61.5 Å². The summed E-state index contributed by atoms with van der Waals surface area (Å²) in [5.41, 5.74) is 1.86. The first-order valence-electron chi connectivity index (χ1n) is 10.1. The van der Waals surface area contributed by atoms with Gasteiger partial charge in [-0.15, -0.1) is 0 Å². The molecule has 156 valence electrons. The van der Waals surface area contributed by atoms with E-state index < -0.39 is 5.79 Å². The number of carbonyl (C=O) groups excluding carboxylic acids is 1. The van der Waals surface area contributed by atoms with Crippen LogP contribution in [0.4, 0.5) is 4.39 Å². The Morgan fingerprint density at radius 3 is 2.33 bits per heavy atom. The van der Waals surface area contributed by atoms with Gasteiger partial charge in [-0.2, -0.15) is 5.10 Å². The van der Waals surface area contributed by atoms with Crippen LogP contribution in [0.2, 0.25) is 0 Å². The van der Waals surface area contributed by atoms with Gasteiger partial charge in [0.1, 0.15) is 11.4 Å². The number of benzene rings is 1. The third-order valence-electron chi connectivity index (χ3n) is 5.80. The molecule has 4 heterocycles. The molecule has 1 amide bonds. The number of hydrogen-bond acceptors (Lipinski definition) is 4. The van der Waals surface area contributed by atoms with E-state index in [1.165, 1.54) is 12.1 Å². The van der Waals surface area contributed by atoms with Gasteiger partial charge in [0.05, 0.1) is 24.6 Å². The Labute approximate surface area is 173 Å². The Morgan fingerprint density at radius 1 is 1.07 bits per heavy atom. The molecule has 0 bridgehead atoms. The molecule has 0 saturated carbocycles. The van der Waals surface area contributed by atoms with Gasteiger partial charge < -0.3 is 18.9 Å². The molecular formula is C22H23FN4O3. The van der Waals surface area contributed by atoms with Gasteiger partial charge in [0.2, 0.25) is 0 Å². The zero-order valence-corrected chi connectivity index (χ0v) is 16.8. The van der Waals surface area contributed by atoms with Crippen LogP contribution in [0.3, 0.4) is 0 Å². The second-order valence-electron chi connectivity index (χ2n) is 7.66. The van der Waals surface area contributed by atoms with Crippen molar-refractivity contribution in [1.29, 1.82) is 0 Å². The summed E-state index contributed by atoms with van der Waals surface area (Å²) in [7, 11) is 0. The number of aromatic nitrogens is 3. The van der Waals surface area contributed by atoms with Crippen LogP contribution < -0.4 is 0 Å². The van der Waals surface area contributed by atoms with E-state index in [1.807, 2.05) is 40.9 Å². The molecule has 0 unspecified atom stereocenters. The van der Waals surface area contributed by atoms with Crippen LogP contribution in [0.15, 0.2) is 48.8 Å². The lowest BCUT2D eigenvalue weighted by Gasteiger charge is -2.37. The van der Waals surface area contributed by atoms with Gasteiger partial charge in [-0.25, -0.2) is 9.07 Å². The lowest BCUT2D eigenvalue weighted by molar-refractivity contribution is -0.181. The van der Waals surface area contributed by atoms with Gasteiger partial charge in [0.15, 0.2) is 11.6 Å². The van der Waals surface area contributed by atoms with Crippen LogP contribution in [-0.2, 0) is 9.47 Å². The molecule has 0 radical (unpaired) electrons. The van der Waals surface area contributed by atoms with E-state index in [2.05, 4.69) is 5.10 Å². The van der Waals surface area contributed by atoms with Crippen molar-refractivity contribution < 1.29 is 18.7 Å². The lowest BCUT2D eigenvalue weighted by atomic mass is 10.0. The fraction of sp³-hybridized carbons (Fsp3) is 0.364. The minimum atomic E-state index is -0.534. The van der Waals surface area contributed by atoms with Gasteiger partial charge in [0, 0.05) is 38.3 Å². The number of piperidine rings is 1. The van der Waals surface area contributed by atoms with Crippen molar-refractivity contribution in [2.45, 2.75) is 25.6 Å². The molecule has 2 saturated heterocycles. The number of ether oxygens (including phenoxy) is 2. The first kappa shape index (κ1) is 19.0. The number of aryl methyl sites for hydroxylation is 1. The summed E-state index contributed by atoms with van der Waals surface area (Å²) >= 11 is 0. The van der Waals surface area contributed by atoms with E-state index in [1.54, 1.807) is 16.8 Å². The van der Waals surface area contributed by atoms with Crippen molar-refractivity contribution >= 4 is 5.91 Å². The van der Waals surface area contributed by atoms with Gasteiger partial charge in [-0.1, -0.05) is 0 Å². The van der Waals surface area contributed by atoms with Crippen molar-refractivity contribution in [3.8, 4) is 11.5 Å². The Bertz CT molecular complexity index is 1040. The maximum absolute atomic E-state index is 13.6. The zero-order chi connectivity index (χ0) is 20.7. The van der Waals surface area contributed by atoms with E-state index in [0.717, 1.165) is 0 Å². The highest BCUT2D eigenvalue weighted by Gasteiger charge is 2.41. The number of likely N-dealkylation sites (tertiary alicyclic amines) is 1. The third-order valence-corrected chi connectivity index (χ3v) is 5.80. The molecule has 2 fully saturated rings. The summed E-state index contributed by atoms with van der Waals surface area (Å²) in [6.07, 6.45) is 5.06. The molecule has 7 nitrogen and oxygen atoms in total. The van der Waals surface area contributed by atoms with Crippen molar-refractivity contribution in [2.24, 2.45) is 0 Å². The Morgan fingerprint density at radius 2 is 1.70 bits per heavy atom. The van der Waals surface area contributed by atoms with E-state index in [-0.39, 0.29) is 11.7 Å². The number of halogens is 1. The van der Waals surface area contributed by atoms with E-state index >= 15 is 0 Å². The van der Waals surface area contributed by atoms with E-state index in [9.17, 15) is 9.18 Å². The molecule has 8 heteroatoms. The molecule has 1 spiro atoms. The van der Waals surface area contributed by atoms with Gasteiger partial charge >= 0.3 is 0 Å². The van der Waals surface area contributed by atoms with Gasteiger partial charge in [-0.3, -0.25) is 4.79 Å². The maximum atomic E-state index is 13.6. The highest BCUT2D eigenvalue weighted by molar-refractivity contribution is 5.98. The molecule has 0 N–H and O–H groups in total. The van der Waals surface area contributed by atoms with E-state index in [4.69, 9.17) is 9.47 Å². The number of amides is 1. The van der Waals surface area contributed by atoms with Crippen molar-refractivity contribution in [1.82, 2.24) is 19.2 Å². The number of carbonyl (C=O) groups is 1. The molecule has 2 aliphatic rings. The summed E-state index contributed by atoms with van der Waals surface area (Å²) in [5, 5.41) is 4.63. The second kappa shape index (κ2) is 7.37. The van der Waals surface area contributed by atoms with Crippen LogP contribution >= 0.6 is 0 Å². The van der Waals surface area contributed by atoms with Gasteiger partial charge in [-0.05, 0) is 43.3 Å². The number of hydrogen-bond donors (Lipinski definition) is 0. The summed E-state index contributed by atoms with van der Waals surface area (Å²) < 4.78 is 28.6. The maximum Gasteiger partial charge on any atom is 0.259 e. The molecule has 3 aromatic rings. The molecule has 2 aliphatic heterocycles. The van der Waals surface area contributed by atoms with Crippen molar-refractivity contribution in [3.05, 3.63) is 65.9 Å². The van der Waals surface area contributed by atoms with Crippen molar-refractivity contribution in [3.63, 3.8) is 0 Å². The molecule has 30 heavy (non-hydrogen) atoms. The SMILES string of the molecule is Cc1nn(-c2ccc(F)cc2)c(-n2cccc2)c1C(=O)N1CCC2(CC1)OCCO2. The molecule has 5 rings (SSSR count). The number of nitrogens with zero attached hydrogens (tertiary/aromatic N) is 4. The molecule has 1 aromatic carbocycles. The second-order valence-corrected chi connectivity index (χ2v) is 7.66. The Hall–Kier alpha value is -2.97. The van der Waals surface area contributed by atoms with E-state index in [0.29, 0.717) is 61.9 Å². The quantitative estimate of drug-likeness (QED) is 0.666. The lowest BCUT2D eigenvalue weighted by Crippen LogP contribution is -2.47. The molecule has 0 atom stereocenters. The summed E-state index contributed by atoms with van der Waals surface area (Å²) in [5.74, 6) is -0.284. The van der Waals surface area contributed by atoms with Crippen LogP contribution in [0.5, 0.6) is 0 Å². The zero-order valence-electron chi connectivity index (χ0n) is 16.8. The van der Waals surface area contributed by atoms with Crippen LogP contribution in [-0.4, -0.2) is 57.2 Å². The fourth-order valence-electron chi connectivity index (χ4n) is 4.24. The highest BCUT2D eigenvalue weighted by Crippen LogP contribution is 2.33. The van der Waals surface area contributed by atoms with Gasteiger partial charge in [0.25, 0.3) is 5.91 Å². The standard InChI is InChI=1S/C22H23FN4O3/c1-16-19(21(28)26-12-8-22(9-13-26)29-14-15-30-22)20(25-10-2-3-11-25)27(24-16)18-6-4-17(23)5-7-18/h2-7,10-11H,8-9,12-15H2,1H3. The van der Waals surface area contributed by atoms with Crippen molar-refractivity contribution in [2.75, 3.05) is 26.3 Å². The number of rotatable bonds is 3. The minimum Gasteiger partial charge on any atom is -0.347 e. The summed E-state index contributed by atoms with van der Waals surface area (Å²) in [6, 6.07) is 9.87. The molecule has 0 aliphatic carbocycles. The average molecular weight is 410 g/mol. The largest absolute Gasteiger partial charge is 0.347 e. The normalized spacial score (nSPS) is 18.3. The van der Waals surface area contributed by atoms with Crippen LogP contribution in [0, 0.1) is 12.7 Å². The minimum absolute atomic E-state index is 0.0718.